The molecular weight excluding hydrogens is 763 g/mol. The van der Waals surface area contributed by atoms with Crippen LogP contribution in [0.15, 0.2) is 30.5 Å². The Hall–Kier alpha value is -2.59. The highest BCUT2D eigenvalue weighted by Gasteiger charge is 2.45. The van der Waals surface area contributed by atoms with Crippen molar-refractivity contribution in [2.24, 2.45) is 0 Å². The van der Waals surface area contributed by atoms with Crippen molar-refractivity contribution < 1.29 is 62.9 Å². The molecule has 21 heteroatoms. The summed E-state index contributed by atoms with van der Waals surface area (Å²) < 4.78 is 39.6. The number of unbranched alkanes of at least 4 members (excludes halogenated alkanes) is 1. The number of anilines is 1. The van der Waals surface area contributed by atoms with E-state index in [1.165, 1.54) is 24.3 Å². The van der Waals surface area contributed by atoms with E-state index in [0.717, 1.165) is 23.1 Å². The summed E-state index contributed by atoms with van der Waals surface area (Å²) in [7, 11) is -4.38. The lowest BCUT2D eigenvalue weighted by atomic mass is 9.97. The zero-order valence-electron chi connectivity index (χ0n) is 28.0. The van der Waals surface area contributed by atoms with Gasteiger partial charge in [0.25, 0.3) is 5.91 Å². The van der Waals surface area contributed by atoms with E-state index < -0.39 is 50.5 Å². The summed E-state index contributed by atoms with van der Waals surface area (Å²) in [5.41, 5.74) is 1.07. The van der Waals surface area contributed by atoms with E-state index in [1.807, 2.05) is 0 Å². The maximum Gasteiger partial charge on any atom is 0.325 e. The number of benzene rings is 1. The van der Waals surface area contributed by atoms with Gasteiger partial charge in [-0.05, 0) is 49.9 Å². The van der Waals surface area contributed by atoms with Gasteiger partial charge >= 0.3 is 13.6 Å². The molecule has 0 unspecified atom stereocenters. The number of aliphatic hydroxyl groups is 3. The van der Waals surface area contributed by atoms with Gasteiger partial charge in [-0.1, -0.05) is 21.1 Å². The number of nitrogens with one attached hydrogen (secondary N) is 3. The maximum absolute atomic E-state index is 12.3. The average molecular weight is 812 g/mol. The van der Waals surface area contributed by atoms with Crippen molar-refractivity contribution in [1.82, 2.24) is 25.6 Å². The molecule has 1 saturated heterocycles. The number of carbonyl (C=O) groups is 2. The smallest absolute Gasteiger partial charge is 0.325 e. The van der Waals surface area contributed by atoms with Crippen LogP contribution in [0.2, 0.25) is 0 Å². The molecule has 1 aromatic heterocycles. The van der Waals surface area contributed by atoms with Gasteiger partial charge in [0.2, 0.25) is 6.29 Å². The second-order valence-corrected chi connectivity index (χ2v) is 14.0. The first-order valence-electron chi connectivity index (χ1n) is 16.5. The monoisotopic (exact) mass is 810 g/mol. The predicted octanol–water partition coefficient (Wildman–Crippen LogP) is -0.149. The zero-order chi connectivity index (χ0) is 37.1. The Morgan fingerprint density at radius 3 is 2.33 bits per heavy atom. The molecule has 1 aliphatic heterocycles. The van der Waals surface area contributed by atoms with Crippen molar-refractivity contribution in [1.29, 1.82) is 0 Å². The minimum absolute atomic E-state index is 0.158. The molecule has 2 heterocycles. The molecular formula is C30H48BrN6O13P. The van der Waals surface area contributed by atoms with Crippen LogP contribution in [0.3, 0.4) is 0 Å². The normalized spacial score (nSPS) is 20.6. The molecule has 51 heavy (non-hydrogen) atoms. The minimum atomic E-state index is -4.38. The van der Waals surface area contributed by atoms with E-state index in [9.17, 15) is 29.5 Å². The van der Waals surface area contributed by atoms with Gasteiger partial charge in [-0.3, -0.25) is 9.36 Å². The number of aromatic nitrogens is 3. The second-order valence-electron chi connectivity index (χ2n) is 11.4. The SMILES string of the molecule is O=C(NCCCCc1cn(C(=O)COCCOCCOCCNCCBr)nn1)Nc1ccc(O[C@H]2O[C@H](CCP(=O)(O)O)[C@@H](O)[C@H](O)[C@@H]2O)cc1. The number of carbonyl (C=O) groups excluding carboxylic acids is 2. The third-order valence-electron chi connectivity index (χ3n) is 7.34. The van der Waals surface area contributed by atoms with E-state index in [4.69, 9.17) is 33.5 Å². The Bertz CT molecular complexity index is 1350. The molecule has 19 nitrogen and oxygen atoms in total. The summed E-state index contributed by atoms with van der Waals surface area (Å²) in [6, 6.07) is 5.60. The van der Waals surface area contributed by atoms with Gasteiger partial charge in [0.1, 0.15) is 30.7 Å². The van der Waals surface area contributed by atoms with Gasteiger partial charge in [-0.2, -0.15) is 4.68 Å². The van der Waals surface area contributed by atoms with Gasteiger partial charge < -0.3 is 64.7 Å². The summed E-state index contributed by atoms with van der Waals surface area (Å²) in [6.45, 7) is 4.02. The number of alkyl halides is 1. The molecule has 0 saturated carbocycles. The van der Waals surface area contributed by atoms with Gasteiger partial charge in [0.15, 0.2) is 0 Å². The molecule has 2 amide bonds. The Labute approximate surface area is 303 Å². The van der Waals surface area contributed by atoms with E-state index in [0.29, 0.717) is 63.6 Å². The number of halogens is 1. The first kappa shape index (κ1) is 42.8. The van der Waals surface area contributed by atoms with Crippen LogP contribution in [0.25, 0.3) is 0 Å². The predicted molar refractivity (Wildman–Crippen MR) is 185 cm³/mol. The molecule has 5 atom stereocenters. The molecule has 3 rings (SSSR count). The number of aliphatic hydroxyl groups excluding tert-OH is 3. The highest BCUT2D eigenvalue weighted by Crippen LogP contribution is 2.37. The van der Waals surface area contributed by atoms with Crippen LogP contribution in [-0.4, -0.2) is 154 Å². The van der Waals surface area contributed by atoms with Crippen LogP contribution < -0.4 is 20.7 Å². The number of rotatable bonds is 24. The van der Waals surface area contributed by atoms with Crippen molar-refractivity contribution in [2.75, 3.05) is 76.1 Å². The summed E-state index contributed by atoms with van der Waals surface area (Å²) in [6.07, 6.45) is -4.86. The highest BCUT2D eigenvalue weighted by atomic mass is 79.9. The van der Waals surface area contributed by atoms with Crippen LogP contribution in [0.5, 0.6) is 5.75 Å². The molecule has 1 aromatic carbocycles. The van der Waals surface area contributed by atoms with Crippen molar-refractivity contribution in [3.63, 3.8) is 0 Å². The van der Waals surface area contributed by atoms with E-state index in [2.05, 4.69) is 42.2 Å². The third-order valence-corrected chi connectivity index (χ3v) is 8.58. The first-order chi connectivity index (χ1) is 24.5. The Morgan fingerprint density at radius 1 is 0.922 bits per heavy atom. The van der Waals surface area contributed by atoms with E-state index in [-0.39, 0.29) is 31.3 Å². The summed E-state index contributed by atoms with van der Waals surface area (Å²) in [4.78, 5) is 42.8. The second kappa shape index (κ2) is 23.2. The minimum Gasteiger partial charge on any atom is -0.462 e. The molecule has 0 aliphatic carbocycles. The molecule has 0 radical (unpaired) electrons. The Kier molecular flexibility index (Phi) is 19.4. The molecule has 288 valence electrons. The number of hydrogen-bond donors (Lipinski definition) is 8. The van der Waals surface area contributed by atoms with Crippen LogP contribution in [0.1, 0.15) is 29.8 Å². The zero-order valence-corrected chi connectivity index (χ0v) is 30.5. The summed E-state index contributed by atoms with van der Waals surface area (Å²) in [5, 5.41) is 48.0. The van der Waals surface area contributed by atoms with Gasteiger partial charge in [-0.15, -0.1) is 5.10 Å². The average Bonchev–Trinajstić information content (AvgIpc) is 3.58. The Balaban J connectivity index is 1.25. The van der Waals surface area contributed by atoms with E-state index in [1.54, 1.807) is 6.20 Å². The quantitative estimate of drug-likeness (QED) is 0.0389. The fourth-order valence-corrected chi connectivity index (χ4v) is 5.51. The number of ether oxygens (including phenoxy) is 5. The van der Waals surface area contributed by atoms with Gasteiger partial charge in [0.05, 0.1) is 57.2 Å². The summed E-state index contributed by atoms with van der Waals surface area (Å²) in [5.74, 6) is -0.143. The van der Waals surface area contributed by atoms with Crippen LogP contribution >= 0.6 is 23.5 Å². The molecule has 1 fully saturated rings. The van der Waals surface area contributed by atoms with Crippen LogP contribution in [-0.2, 0) is 29.9 Å². The number of amides is 2. The number of urea groups is 1. The molecule has 8 N–H and O–H groups in total. The van der Waals surface area contributed by atoms with Crippen LogP contribution in [0, 0.1) is 0 Å². The van der Waals surface area contributed by atoms with Gasteiger partial charge in [0, 0.05) is 30.7 Å². The molecule has 0 bridgehead atoms. The molecule has 1 aliphatic rings. The van der Waals surface area contributed by atoms with Crippen molar-refractivity contribution in [2.45, 2.75) is 56.4 Å². The van der Waals surface area contributed by atoms with Crippen molar-refractivity contribution >= 4 is 41.2 Å². The van der Waals surface area contributed by atoms with E-state index >= 15 is 0 Å². The first-order valence-corrected chi connectivity index (χ1v) is 19.4. The number of aryl methyl sites for hydroxylation is 1. The van der Waals surface area contributed by atoms with Crippen molar-refractivity contribution in [3.8, 4) is 5.75 Å². The molecule has 2 aromatic rings. The maximum atomic E-state index is 12.3. The van der Waals surface area contributed by atoms with Crippen LogP contribution in [0.4, 0.5) is 10.5 Å². The largest absolute Gasteiger partial charge is 0.462 e. The number of nitrogens with zero attached hydrogens (tertiary/aromatic N) is 3. The topological polar surface area (TPSA) is 265 Å². The highest BCUT2D eigenvalue weighted by molar-refractivity contribution is 9.09. The number of hydrogen-bond acceptors (Lipinski definition) is 14. The molecule has 0 spiro atoms. The third kappa shape index (κ3) is 16.7. The Morgan fingerprint density at radius 2 is 1.63 bits per heavy atom. The summed E-state index contributed by atoms with van der Waals surface area (Å²) >= 11 is 3.34. The lowest BCUT2D eigenvalue weighted by molar-refractivity contribution is -0.272. The fraction of sp³-hybridized carbons (Fsp3) is 0.667. The lowest BCUT2D eigenvalue weighted by Crippen LogP contribution is -2.59. The fourth-order valence-electron chi connectivity index (χ4n) is 4.64. The van der Waals surface area contributed by atoms with Gasteiger partial charge in [-0.25, -0.2) is 4.79 Å². The standard InChI is InChI=1S/C30H48BrN6O13P/c31-9-11-32-12-13-46-14-15-47-16-17-48-20-25(38)37-19-22(35-36-37)3-1-2-10-33-30(42)34-21-4-6-23(7-5-21)49-29-28(41)27(40)26(39)24(50-29)8-18-51(43,44)45/h4-7,19,24,26-29,32,39-41H,1-3,8-18,20H2,(H2,33,34,42)(H2,43,44,45)/t24-,26-,27+,28+,29+/m1/s1. The lowest BCUT2D eigenvalue weighted by Gasteiger charge is -2.40. The van der Waals surface area contributed by atoms with Crippen molar-refractivity contribution in [3.05, 3.63) is 36.2 Å².